The van der Waals surface area contributed by atoms with Crippen molar-refractivity contribution >= 4 is 11.6 Å². The van der Waals surface area contributed by atoms with E-state index in [1.165, 1.54) is 6.92 Å². The van der Waals surface area contributed by atoms with Crippen molar-refractivity contribution in [1.29, 1.82) is 0 Å². The second kappa shape index (κ2) is 4.30. The van der Waals surface area contributed by atoms with Crippen molar-refractivity contribution in [2.24, 2.45) is 0 Å². The zero-order valence-electron chi connectivity index (χ0n) is 8.97. The fourth-order valence-electron chi connectivity index (χ4n) is 1.64. The van der Waals surface area contributed by atoms with Gasteiger partial charge in [0.25, 0.3) is 0 Å². The van der Waals surface area contributed by atoms with Crippen molar-refractivity contribution in [1.82, 2.24) is 5.32 Å². The number of nitroso groups, excluding NO2 is 1. The number of hydrogen-bond donors (Lipinski definition) is 1. The number of hydrogen-bond acceptors (Lipinski definition) is 3. The van der Waals surface area contributed by atoms with Crippen LogP contribution in [0.2, 0.25) is 0 Å². The predicted molar refractivity (Wildman–Crippen MR) is 57.4 cm³/mol. The van der Waals surface area contributed by atoms with Crippen molar-refractivity contribution in [2.45, 2.75) is 19.6 Å². The van der Waals surface area contributed by atoms with Crippen LogP contribution in [-0.4, -0.2) is 23.4 Å². The van der Waals surface area contributed by atoms with Gasteiger partial charge >= 0.3 is 11.9 Å². The highest BCUT2D eigenvalue weighted by atomic mass is 16.5. The quantitative estimate of drug-likeness (QED) is 0.783. The van der Waals surface area contributed by atoms with Gasteiger partial charge in [-0.25, -0.2) is 0 Å². The molecule has 1 aromatic rings. The van der Waals surface area contributed by atoms with E-state index in [1.54, 1.807) is 18.2 Å². The standard InChI is InChI=1S/C11H12N2O3/c1-8(14)12-7-6-11-13(15)9-4-2-3-5-10(9)16-11/h2-5,11H,6-7H2,1H3/p+1. The van der Waals surface area contributed by atoms with Gasteiger partial charge < -0.3 is 10.1 Å². The molecule has 2 rings (SSSR count). The molecule has 5 nitrogen and oxygen atoms in total. The molecule has 0 radical (unpaired) electrons. The van der Waals surface area contributed by atoms with Crippen LogP contribution in [-0.2, 0) is 4.79 Å². The average molecular weight is 221 g/mol. The van der Waals surface area contributed by atoms with E-state index < -0.39 is 6.23 Å². The van der Waals surface area contributed by atoms with E-state index in [-0.39, 0.29) is 5.91 Å². The number of para-hydroxylation sites is 2. The second-order valence-corrected chi connectivity index (χ2v) is 3.64. The summed E-state index contributed by atoms with van der Waals surface area (Å²) in [5.74, 6) is 0.498. The molecule has 16 heavy (non-hydrogen) atoms. The number of carbonyl (C=O) groups excluding carboxylic acids is 1. The Morgan fingerprint density at radius 1 is 1.50 bits per heavy atom. The number of rotatable bonds is 3. The molecule has 84 valence electrons. The van der Waals surface area contributed by atoms with Crippen molar-refractivity contribution in [2.75, 3.05) is 6.54 Å². The number of nitrogens with zero attached hydrogens (tertiary/aromatic N) is 1. The van der Waals surface area contributed by atoms with Crippen LogP contribution in [0.15, 0.2) is 24.3 Å². The molecule has 1 heterocycles. The highest BCUT2D eigenvalue weighted by Gasteiger charge is 2.39. The van der Waals surface area contributed by atoms with Crippen molar-refractivity contribution in [3.8, 4) is 5.75 Å². The summed E-state index contributed by atoms with van der Waals surface area (Å²) < 4.78 is 6.31. The summed E-state index contributed by atoms with van der Waals surface area (Å²) in [7, 11) is 0. The lowest BCUT2D eigenvalue weighted by molar-refractivity contribution is -0.529. The third-order valence-corrected chi connectivity index (χ3v) is 2.39. The first-order valence-electron chi connectivity index (χ1n) is 5.15. The summed E-state index contributed by atoms with van der Waals surface area (Å²) in [5.41, 5.74) is 0.551. The van der Waals surface area contributed by atoms with Crippen LogP contribution in [0, 0.1) is 4.91 Å². The Hall–Kier alpha value is -1.91. The lowest BCUT2D eigenvalue weighted by atomic mass is 10.3. The van der Waals surface area contributed by atoms with Gasteiger partial charge in [-0.15, -0.1) is 0 Å². The minimum Gasteiger partial charge on any atom is -0.423 e. The molecule has 1 unspecified atom stereocenters. The van der Waals surface area contributed by atoms with Gasteiger partial charge in [0.1, 0.15) is 0 Å². The number of amides is 1. The van der Waals surface area contributed by atoms with Crippen LogP contribution in [0.5, 0.6) is 5.75 Å². The topological polar surface area (TPSA) is 58.4 Å². The van der Waals surface area contributed by atoms with E-state index in [1.807, 2.05) is 6.07 Å². The van der Waals surface area contributed by atoms with Gasteiger partial charge in [-0.05, 0) is 6.07 Å². The van der Waals surface area contributed by atoms with Crippen molar-refractivity contribution in [3.05, 3.63) is 29.2 Å². The molecule has 0 fully saturated rings. The molecule has 0 aliphatic carbocycles. The van der Waals surface area contributed by atoms with E-state index in [2.05, 4.69) is 5.32 Å². The van der Waals surface area contributed by atoms with Crippen molar-refractivity contribution < 1.29 is 14.3 Å². The van der Waals surface area contributed by atoms with E-state index in [0.717, 1.165) is 4.76 Å². The van der Waals surface area contributed by atoms with Crippen LogP contribution in [0.4, 0.5) is 5.69 Å². The minimum atomic E-state index is -0.538. The van der Waals surface area contributed by atoms with Gasteiger partial charge in [-0.1, -0.05) is 12.1 Å². The van der Waals surface area contributed by atoms with Gasteiger partial charge in [0.05, 0.1) is 11.2 Å². The van der Waals surface area contributed by atoms with Crippen LogP contribution in [0.3, 0.4) is 0 Å². The van der Waals surface area contributed by atoms with Crippen LogP contribution < -0.4 is 10.1 Å². The summed E-state index contributed by atoms with van der Waals surface area (Å²) in [6.45, 7) is 1.88. The SMILES string of the molecule is CC(=O)NCCC1Oc2ccccc2[N+]1=O. The Labute approximate surface area is 93.0 Å². The van der Waals surface area contributed by atoms with Gasteiger partial charge in [0.2, 0.25) is 11.7 Å². The van der Waals surface area contributed by atoms with Gasteiger partial charge in [-0.2, -0.15) is 0 Å². The second-order valence-electron chi connectivity index (χ2n) is 3.64. The molecular weight excluding hydrogens is 208 g/mol. The molecule has 1 atom stereocenters. The molecular formula is C11H13N2O3+. The summed E-state index contributed by atoms with van der Waals surface area (Å²) in [6.07, 6.45) is -0.0677. The Morgan fingerprint density at radius 2 is 2.25 bits per heavy atom. The molecule has 0 spiro atoms. The zero-order valence-corrected chi connectivity index (χ0v) is 8.97. The number of fused-ring (bicyclic) bond motifs is 1. The maximum absolute atomic E-state index is 11.8. The largest absolute Gasteiger partial charge is 0.423 e. The monoisotopic (exact) mass is 221 g/mol. The molecule has 5 heteroatoms. The zero-order chi connectivity index (χ0) is 11.5. The summed E-state index contributed by atoms with van der Waals surface area (Å²) in [4.78, 5) is 22.4. The maximum Gasteiger partial charge on any atom is 0.352 e. The Kier molecular flexibility index (Phi) is 2.85. The van der Waals surface area contributed by atoms with Crippen LogP contribution in [0.25, 0.3) is 0 Å². The van der Waals surface area contributed by atoms with Crippen LogP contribution >= 0.6 is 0 Å². The third kappa shape index (κ3) is 2.03. The minimum absolute atomic E-state index is 0.104. The molecule has 1 aliphatic heterocycles. The lowest BCUT2D eigenvalue weighted by Gasteiger charge is -2.02. The molecule has 0 saturated heterocycles. The fraction of sp³-hybridized carbons (Fsp3) is 0.364. The Bertz CT molecular complexity index is 431. The molecule has 0 saturated carbocycles. The first-order valence-corrected chi connectivity index (χ1v) is 5.15. The first-order chi connectivity index (χ1) is 7.68. The summed E-state index contributed by atoms with van der Waals surface area (Å²) in [6, 6.07) is 7.10. The first kappa shape index (κ1) is 10.6. The number of carbonyl (C=O) groups is 1. The van der Waals surface area contributed by atoms with E-state index in [4.69, 9.17) is 4.74 Å². The van der Waals surface area contributed by atoms with Crippen LogP contribution in [0.1, 0.15) is 13.3 Å². The van der Waals surface area contributed by atoms with Gasteiger partial charge in [-0.3, -0.25) is 4.79 Å². The highest BCUT2D eigenvalue weighted by molar-refractivity contribution is 5.72. The fourth-order valence-corrected chi connectivity index (χ4v) is 1.64. The average Bonchev–Trinajstić information content (AvgIpc) is 2.56. The number of ether oxygens (including phenoxy) is 1. The Balaban J connectivity index is 1.97. The predicted octanol–water partition coefficient (Wildman–Crippen LogP) is 1.34. The number of nitrogens with one attached hydrogen (secondary N) is 1. The van der Waals surface area contributed by atoms with Gasteiger partial charge in [0.15, 0.2) is 0 Å². The van der Waals surface area contributed by atoms with E-state index in [9.17, 15) is 9.70 Å². The smallest absolute Gasteiger partial charge is 0.352 e. The summed E-state index contributed by atoms with van der Waals surface area (Å²) >= 11 is 0. The molecule has 1 amide bonds. The highest BCUT2D eigenvalue weighted by Crippen LogP contribution is 2.35. The van der Waals surface area contributed by atoms with Gasteiger partial charge in [0, 0.05) is 24.4 Å². The molecule has 1 N–H and O–H groups in total. The lowest BCUT2D eigenvalue weighted by Crippen LogP contribution is -2.29. The van der Waals surface area contributed by atoms with E-state index in [0.29, 0.717) is 24.4 Å². The summed E-state index contributed by atoms with van der Waals surface area (Å²) in [5, 5.41) is 2.64. The normalized spacial score (nSPS) is 17.8. The molecule has 0 aromatic heterocycles. The molecule has 0 bridgehead atoms. The van der Waals surface area contributed by atoms with Crippen molar-refractivity contribution in [3.63, 3.8) is 0 Å². The third-order valence-electron chi connectivity index (χ3n) is 2.39. The Morgan fingerprint density at radius 3 is 2.94 bits per heavy atom. The van der Waals surface area contributed by atoms with E-state index >= 15 is 0 Å². The molecule has 1 aliphatic rings. The number of benzene rings is 1. The maximum atomic E-state index is 11.8. The molecule has 1 aromatic carbocycles.